The maximum atomic E-state index is 11.8. The van der Waals surface area contributed by atoms with Gasteiger partial charge in [-0.1, -0.05) is 61.8 Å². The zero-order valence-electron chi connectivity index (χ0n) is 22.1. The Labute approximate surface area is 193 Å². The predicted octanol–water partition coefficient (Wildman–Crippen LogP) is 8.25. The molecule has 178 valence electrons. The molecular weight excluding hydrogens is 376 g/mol. The fourth-order valence-corrected chi connectivity index (χ4v) is 12.1. The van der Waals surface area contributed by atoms with Gasteiger partial charge in [-0.15, -0.1) is 0 Å². The van der Waals surface area contributed by atoms with E-state index in [4.69, 9.17) is 0 Å². The van der Waals surface area contributed by atoms with Gasteiger partial charge < -0.3 is 5.11 Å². The van der Waals surface area contributed by atoms with Gasteiger partial charge in [-0.05, 0) is 121 Å². The Morgan fingerprint density at radius 1 is 0.581 bits per heavy atom. The molecule has 0 heterocycles. The quantitative estimate of drug-likeness (QED) is 0.445. The first-order valence-corrected chi connectivity index (χ1v) is 14.0. The van der Waals surface area contributed by atoms with E-state index in [0.717, 1.165) is 24.2 Å². The van der Waals surface area contributed by atoms with Crippen molar-refractivity contribution in [2.24, 2.45) is 56.7 Å². The molecule has 0 saturated heterocycles. The van der Waals surface area contributed by atoms with E-state index in [1.54, 1.807) is 0 Å². The van der Waals surface area contributed by atoms with Crippen molar-refractivity contribution in [3.05, 3.63) is 0 Å². The molecule has 1 nitrogen and oxygen atoms in total. The van der Waals surface area contributed by atoms with Crippen LogP contribution in [0.25, 0.3) is 0 Å². The van der Waals surface area contributed by atoms with Gasteiger partial charge in [0.2, 0.25) is 0 Å². The van der Waals surface area contributed by atoms with Crippen LogP contribution in [0.1, 0.15) is 126 Å². The Morgan fingerprint density at radius 3 is 1.65 bits per heavy atom. The van der Waals surface area contributed by atoms with E-state index in [0.29, 0.717) is 38.9 Å². The molecule has 5 rings (SSSR count). The predicted molar refractivity (Wildman–Crippen MR) is 131 cm³/mol. The summed E-state index contributed by atoms with van der Waals surface area (Å²) < 4.78 is 0. The zero-order valence-corrected chi connectivity index (χ0v) is 22.1. The van der Waals surface area contributed by atoms with Gasteiger partial charge in [-0.25, -0.2) is 0 Å². The summed E-state index contributed by atoms with van der Waals surface area (Å²) in [4.78, 5) is 0. The summed E-state index contributed by atoms with van der Waals surface area (Å²) in [5.41, 5.74) is 1.89. The number of rotatable bonds is 1. The lowest BCUT2D eigenvalue weighted by Gasteiger charge is -2.73. The maximum absolute atomic E-state index is 11.8. The van der Waals surface area contributed by atoms with Crippen molar-refractivity contribution in [2.75, 3.05) is 0 Å². The molecule has 5 fully saturated rings. The summed E-state index contributed by atoms with van der Waals surface area (Å²) in [5.74, 6) is 3.50. The molecule has 0 aromatic rings. The normalized spacial score (nSPS) is 58.3. The summed E-state index contributed by atoms with van der Waals surface area (Å²) in [6, 6.07) is 0. The first kappa shape index (κ1) is 22.7. The lowest BCUT2D eigenvalue weighted by atomic mass is 9.32. The molecule has 5 saturated carbocycles. The van der Waals surface area contributed by atoms with E-state index in [9.17, 15) is 5.11 Å². The van der Waals surface area contributed by atoms with Crippen LogP contribution >= 0.6 is 0 Å². The summed E-state index contributed by atoms with van der Waals surface area (Å²) in [6.45, 7) is 20.5. The fourth-order valence-electron chi connectivity index (χ4n) is 12.1. The highest BCUT2D eigenvalue weighted by molar-refractivity contribution is 5.20. The molecule has 31 heavy (non-hydrogen) atoms. The van der Waals surface area contributed by atoms with Crippen LogP contribution in [0.3, 0.4) is 0 Å². The minimum Gasteiger partial charge on any atom is -0.389 e. The Kier molecular flexibility index (Phi) is 4.80. The third-order valence-corrected chi connectivity index (χ3v) is 13.8. The summed E-state index contributed by atoms with van der Waals surface area (Å²) in [7, 11) is 0. The molecule has 5 aliphatic carbocycles. The van der Waals surface area contributed by atoms with Crippen LogP contribution in [0.15, 0.2) is 0 Å². The van der Waals surface area contributed by atoms with Gasteiger partial charge in [0.05, 0.1) is 5.60 Å². The van der Waals surface area contributed by atoms with E-state index in [1.165, 1.54) is 64.2 Å². The third-order valence-electron chi connectivity index (χ3n) is 13.8. The second-order valence-corrected chi connectivity index (χ2v) is 15.2. The molecule has 2 unspecified atom stereocenters. The lowest BCUT2D eigenvalue weighted by Crippen LogP contribution is -2.66. The smallest absolute Gasteiger partial charge is 0.0704 e. The lowest BCUT2D eigenvalue weighted by molar-refractivity contribution is -0.247. The van der Waals surface area contributed by atoms with E-state index >= 15 is 0 Å². The molecule has 0 aromatic heterocycles. The average molecular weight is 429 g/mol. The van der Waals surface area contributed by atoms with E-state index in [1.807, 2.05) is 0 Å². The monoisotopic (exact) mass is 428 g/mol. The first-order chi connectivity index (χ1) is 14.3. The Balaban J connectivity index is 1.53. The number of hydrogen-bond acceptors (Lipinski definition) is 1. The fraction of sp³-hybridized carbons (Fsp3) is 1.00. The second kappa shape index (κ2) is 6.55. The topological polar surface area (TPSA) is 20.2 Å². The maximum Gasteiger partial charge on any atom is 0.0704 e. The summed E-state index contributed by atoms with van der Waals surface area (Å²) >= 11 is 0. The molecule has 0 amide bonds. The van der Waals surface area contributed by atoms with Crippen molar-refractivity contribution in [2.45, 2.75) is 132 Å². The van der Waals surface area contributed by atoms with Crippen LogP contribution < -0.4 is 0 Å². The second-order valence-electron chi connectivity index (χ2n) is 15.2. The zero-order chi connectivity index (χ0) is 22.7. The molecular formula is C30H52O. The highest BCUT2D eigenvalue weighted by atomic mass is 16.3. The third kappa shape index (κ3) is 2.60. The minimum atomic E-state index is -0.426. The first-order valence-electron chi connectivity index (χ1n) is 14.0. The van der Waals surface area contributed by atoms with Crippen LogP contribution in [-0.4, -0.2) is 10.7 Å². The van der Waals surface area contributed by atoms with Crippen molar-refractivity contribution >= 4 is 0 Å². The van der Waals surface area contributed by atoms with Gasteiger partial charge in [0.15, 0.2) is 0 Å². The number of aliphatic hydroxyl groups is 1. The van der Waals surface area contributed by atoms with Gasteiger partial charge in [0.25, 0.3) is 0 Å². The molecule has 0 spiro atoms. The summed E-state index contributed by atoms with van der Waals surface area (Å²) in [5, 5.41) is 11.8. The Hall–Kier alpha value is -0.0400. The molecule has 1 N–H and O–H groups in total. The van der Waals surface area contributed by atoms with Crippen molar-refractivity contribution in [3.63, 3.8) is 0 Å². The minimum absolute atomic E-state index is 0.337. The highest BCUT2D eigenvalue weighted by Crippen LogP contribution is 2.78. The van der Waals surface area contributed by atoms with E-state index < -0.39 is 5.60 Å². The van der Waals surface area contributed by atoms with E-state index in [-0.39, 0.29) is 0 Å². The SMILES string of the molecule is CC(C)[C@@]1(O)CC[C@]2(C)C3CC[C@@H]4[C@@]5(C)CCCC(C)(C)C5CC[C@@]4(C)[C@]3(C)CC[C@H]21. The van der Waals surface area contributed by atoms with Crippen LogP contribution in [-0.2, 0) is 0 Å². The number of fused-ring (bicyclic) bond motifs is 7. The molecule has 5 aliphatic rings. The molecule has 0 aliphatic heterocycles. The summed E-state index contributed by atoms with van der Waals surface area (Å²) in [6.07, 6.45) is 15.0. The molecule has 0 bridgehead atoms. The van der Waals surface area contributed by atoms with Crippen LogP contribution in [0.2, 0.25) is 0 Å². The van der Waals surface area contributed by atoms with Crippen LogP contribution in [0.4, 0.5) is 0 Å². The van der Waals surface area contributed by atoms with Gasteiger partial charge in [0, 0.05) is 0 Å². The van der Waals surface area contributed by atoms with Crippen molar-refractivity contribution < 1.29 is 5.11 Å². The largest absolute Gasteiger partial charge is 0.389 e. The van der Waals surface area contributed by atoms with Gasteiger partial charge in [-0.2, -0.15) is 0 Å². The van der Waals surface area contributed by atoms with Crippen molar-refractivity contribution in [3.8, 4) is 0 Å². The standard InChI is InChI=1S/C30H52O/c1-20(2)30(31)19-18-27(6)23-11-10-22-26(5)15-9-14-25(3,4)21(26)12-16-28(22,7)29(23,8)17-13-24(27)30/h20-24,31H,9-19H2,1-8H3/t21?,22-,23?,24-,26+,27-,28-,29-,30+/m1/s1. The van der Waals surface area contributed by atoms with Gasteiger partial charge in [0.1, 0.15) is 0 Å². The molecule has 9 atom stereocenters. The molecule has 0 aromatic carbocycles. The Morgan fingerprint density at radius 2 is 1.10 bits per heavy atom. The van der Waals surface area contributed by atoms with Crippen LogP contribution in [0, 0.1) is 56.7 Å². The van der Waals surface area contributed by atoms with Gasteiger partial charge in [-0.3, -0.25) is 0 Å². The van der Waals surface area contributed by atoms with Crippen molar-refractivity contribution in [1.29, 1.82) is 0 Å². The molecule has 0 radical (unpaired) electrons. The van der Waals surface area contributed by atoms with Crippen LogP contribution in [0.5, 0.6) is 0 Å². The average Bonchev–Trinajstić information content (AvgIpc) is 2.94. The molecule has 1 heteroatoms. The van der Waals surface area contributed by atoms with Crippen molar-refractivity contribution in [1.82, 2.24) is 0 Å². The highest BCUT2D eigenvalue weighted by Gasteiger charge is 2.71. The Bertz CT molecular complexity index is 739. The van der Waals surface area contributed by atoms with E-state index in [2.05, 4.69) is 55.4 Å². The van der Waals surface area contributed by atoms with Gasteiger partial charge >= 0.3 is 0 Å². The number of hydrogen-bond donors (Lipinski definition) is 1.